The highest BCUT2D eigenvalue weighted by molar-refractivity contribution is 7.99. The van der Waals surface area contributed by atoms with E-state index in [2.05, 4.69) is 22.4 Å². The number of thiophene rings is 1. The number of nitrogens with zero attached hydrogens (tertiary/aromatic N) is 3. The van der Waals surface area contributed by atoms with Crippen LogP contribution < -0.4 is 10.1 Å². The van der Waals surface area contributed by atoms with E-state index in [0.717, 1.165) is 16.2 Å². The Kier molecular flexibility index (Phi) is 8.15. The summed E-state index contributed by atoms with van der Waals surface area (Å²) in [5, 5.41) is 12.4. The third-order valence-corrected chi connectivity index (χ3v) is 6.95. The van der Waals surface area contributed by atoms with Crippen molar-refractivity contribution in [2.24, 2.45) is 7.05 Å². The van der Waals surface area contributed by atoms with Crippen LogP contribution in [-0.2, 0) is 16.6 Å². The zero-order chi connectivity index (χ0) is 24.1. The fourth-order valence-corrected chi connectivity index (χ4v) is 4.74. The standard InChI is InChI=1S/C23H28N4O4S2/c1-7-30-22(29)18-11-15(4)33-21(18)24-19(28)12-32-23-26-25-20(27(23)6)16(5)31-17-9-8-13(2)14(3)10-17/h8-11,16H,7,12H2,1-6H3,(H,24,28). The van der Waals surface area contributed by atoms with Crippen LogP contribution in [0.25, 0.3) is 0 Å². The van der Waals surface area contributed by atoms with Crippen LogP contribution in [0.5, 0.6) is 5.75 Å². The van der Waals surface area contributed by atoms with E-state index in [1.165, 1.54) is 28.7 Å². The maximum atomic E-state index is 12.5. The van der Waals surface area contributed by atoms with Crippen LogP contribution in [0.4, 0.5) is 5.00 Å². The minimum Gasteiger partial charge on any atom is -0.483 e. The number of benzene rings is 1. The highest BCUT2D eigenvalue weighted by Crippen LogP contribution is 2.29. The van der Waals surface area contributed by atoms with Crippen molar-refractivity contribution in [3.05, 3.63) is 51.7 Å². The molecule has 0 fully saturated rings. The molecule has 0 aliphatic carbocycles. The first kappa shape index (κ1) is 24.8. The molecule has 0 bridgehead atoms. The van der Waals surface area contributed by atoms with Crippen molar-refractivity contribution in [1.82, 2.24) is 14.8 Å². The fourth-order valence-electron chi connectivity index (χ4n) is 3.11. The summed E-state index contributed by atoms with van der Waals surface area (Å²) < 4.78 is 12.9. The molecule has 0 spiro atoms. The molecule has 1 amide bonds. The van der Waals surface area contributed by atoms with Gasteiger partial charge < -0.3 is 19.4 Å². The van der Waals surface area contributed by atoms with E-state index < -0.39 is 5.97 Å². The molecular formula is C23H28N4O4S2. The Morgan fingerprint density at radius 3 is 2.64 bits per heavy atom. The maximum Gasteiger partial charge on any atom is 0.341 e. The number of aromatic nitrogens is 3. The Balaban J connectivity index is 1.61. The van der Waals surface area contributed by atoms with Crippen molar-refractivity contribution in [1.29, 1.82) is 0 Å². The summed E-state index contributed by atoms with van der Waals surface area (Å²) in [4.78, 5) is 25.5. The third kappa shape index (κ3) is 6.14. The number of carbonyl (C=O) groups is 2. The predicted molar refractivity (Wildman–Crippen MR) is 130 cm³/mol. The van der Waals surface area contributed by atoms with Crippen LogP contribution in [-0.4, -0.2) is 39.0 Å². The second-order valence-corrected chi connectivity index (χ2v) is 9.76. The normalized spacial score (nSPS) is 11.8. The molecule has 8 nitrogen and oxygen atoms in total. The Bertz CT molecular complexity index is 1160. The zero-order valence-electron chi connectivity index (χ0n) is 19.6. The monoisotopic (exact) mass is 488 g/mol. The summed E-state index contributed by atoms with van der Waals surface area (Å²) in [5.41, 5.74) is 2.74. The molecule has 2 heterocycles. The van der Waals surface area contributed by atoms with Crippen LogP contribution in [0, 0.1) is 20.8 Å². The van der Waals surface area contributed by atoms with Crippen LogP contribution in [0.1, 0.15) is 52.1 Å². The molecule has 1 unspecified atom stereocenters. The van der Waals surface area contributed by atoms with Gasteiger partial charge in [0.1, 0.15) is 10.8 Å². The number of aryl methyl sites for hydroxylation is 3. The summed E-state index contributed by atoms with van der Waals surface area (Å²) >= 11 is 2.61. The van der Waals surface area contributed by atoms with Crippen molar-refractivity contribution >= 4 is 40.0 Å². The van der Waals surface area contributed by atoms with E-state index in [4.69, 9.17) is 9.47 Å². The molecule has 3 rings (SSSR count). The number of anilines is 1. The van der Waals surface area contributed by atoms with Gasteiger partial charge in [0.05, 0.1) is 17.9 Å². The van der Waals surface area contributed by atoms with E-state index >= 15 is 0 Å². The van der Waals surface area contributed by atoms with Gasteiger partial charge in [0.15, 0.2) is 17.1 Å². The molecular weight excluding hydrogens is 460 g/mol. The minimum atomic E-state index is -0.444. The van der Waals surface area contributed by atoms with Gasteiger partial charge in [-0.25, -0.2) is 4.79 Å². The van der Waals surface area contributed by atoms with Crippen molar-refractivity contribution in [2.75, 3.05) is 17.7 Å². The first-order valence-corrected chi connectivity index (χ1v) is 12.3. The van der Waals surface area contributed by atoms with Crippen molar-refractivity contribution in [3.8, 4) is 5.75 Å². The number of amides is 1. The lowest BCUT2D eigenvalue weighted by Crippen LogP contribution is -2.16. The lowest BCUT2D eigenvalue weighted by molar-refractivity contribution is -0.113. The molecule has 0 saturated carbocycles. The number of rotatable bonds is 9. The van der Waals surface area contributed by atoms with E-state index in [1.807, 2.05) is 50.6 Å². The van der Waals surface area contributed by atoms with Crippen molar-refractivity contribution in [3.63, 3.8) is 0 Å². The largest absolute Gasteiger partial charge is 0.483 e. The average Bonchev–Trinajstić information content (AvgIpc) is 3.31. The Morgan fingerprint density at radius 1 is 1.18 bits per heavy atom. The quantitative estimate of drug-likeness (QED) is 0.340. The topological polar surface area (TPSA) is 95.3 Å². The molecule has 176 valence electrons. The van der Waals surface area contributed by atoms with Gasteiger partial charge in [-0.3, -0.25) is 4.79 Å². The number of hydrogen-bond donors (Lipinski definition) is 1. The van der Waals surface area contributed by atoms with Gasteiger partial charge in [-0.05, 0) is 63.9 Å². The smallest absolute Gasteiger partial charge is 0.341 e. The van der Waals surface area contributed by atoms with Crippen molar-refractivity contribution in [2.45, 2.75) is 45.9 Å². The third-order valence-electron chi connectivity index (χ3n) is 4.96. The van der Waals surface area contributed by atoms with Gasteiger partial charge in [-0.2, -0.15) is 0 Å². The Labute approximate surface area is 201 Å². The predicted octanol–water partition coefficient (Wildman–Crippen LogP) is 4.85. The van der Waals surface area contributed by atoms with E-state index in [1.54, 1.807) is 13.0 Å². The summed E-state index contributed by atoms with van der Waals surface area (Å²) in [5.74, 6) is 0.870. The van der Waals surface area contributed by atoms with Crippen LogP contribution in [0.3, 0.4) is 0 Å². The van der Waals surface area contributed by atoms with Gasteiger partial charge >= 0.3 is 5.97 Å². The lowest BCUT2D eigenvalue weighted by atomic mass is 10.1. The lowest BCUT2D eigenvalue weighted by Gasteiger charge is -2.15. The Morgan fingerprint density at radius 2 is 1.94 bits per heavy atom. The van der Waals surface area contributed by atoms with Crippen LogP contribution in [0.2, 0.25) is 0 Å². The minimum absolute atomic E-state index is 0.123. The molecule has 0 aliphatic rings. The average molecular weight is 489 g/mol. The van der Waals surface area contributed by atoms with E-state index in [9.17, 15) is 9.59 Å². The molecule has 1 aromatic carbocycles. The number of thioether (sulfide) groups is 1. The number of hydrogen-bond acceptors (Lipinski definition) is 8. The first-order chi connectivity index (χ1) is 15.7. The molecule has 33 heavy (non-hydrogen) atoms. The second kappa shape index (κ2) is 10.8. The molecule has 0 aliphatic heterocycles. The highest BCUT2D eigenvalue weighted by atomic mass is 32.2. The highest BCUT2D eigenvalue weighted by Gasteiger charge is 2.20. The molecule has 0 radical (unpaired) electrons. The van der Waals surface area contributed by atoms with Gasteiger partial charge in [0.25, 0.3) is 0 Å². The van der Waals surface area contributed by atoms with Crippen LogP contribution >= 0.6 is 23.1 Å². The molecule has 0 saturated heterocycles. The SMILES string of the molecule is CCOC(=O)c1cc(C)sc1NC(=O)CSc1nnc(C(C)Oc2ccc(C)c(C)c2)n1C. The molecule has 1 atom stereocenters. The van der Waals surface area contributed by atoms with Gasteiger partial charge in [-0.15, -0.1) is 21.5 Å². The second-order valence-electron chi connectivity index (χ2n) is 7.56. The molecule has 2 aromatic heterocycles. The summed E-state index contributed by atoms with van der Waals surface area (Å²) in [6, 6.07) is 7.68. The molecule has 3 aromatic rings. The summed E-state index contributed by atoms with van der Waals surface area (Å²) in [6.45, 7) is 9.91. The van der Waals surface area contributed by atoms with Gasteiger partial charge in [-0.1, -0.05) is 17.8 Å². The fraction of sp³-hybridized carbons (Fsp3) is 0.391. The molecule has 1 N–H and O–H groups in total. The number of nitrogens with one attached hydrogen (secondary N) is 1. The maximum absolute atomic E-state index is 12.5. The number of ether oxygens (including phenoxy) is 2. The summed E-state index contributed by atoms with van der Waals surface area (Å²) in [7, 11) is 1.84. The van der Waals surface area contributed by atoms with E-state index in [-0.39, 0.29) is 24.4 Å². The van der Waals surface area contributed by atoms with Crippen LogP contribution in [0.15, 0.2) is 29.4 Å². The van der Waals surface area contributed by atoms with E-state index in [0.29, 0.717) is 21.5 Å². The van der Waals surface area contributed by atoms with Gasteiger partial charge in [0.2, 0.25) is 5.91 Å². The summed E-state index contributed by atoms with van der Waals surface area (Å²) in [6.07, 6.45) is -0.311. The van der Waals surface area contributed by atoms with Gasteiger partial charge in [0, 0.05) is 11.9 Å². The van der Waals surface area contributed by atoms with Crippen molar-refractivity contribution < 1.29 is 19.1 Å². The number of carbonyl (C=O) groups excluding carboxylic acids is 2. The number of esters is 1. The zero-order valence-corrected chi connectivity index (χ0v) is 21.2. The Hall–Kier alpha value is -2.85. The first-order valence-electron chi connectivity index (χ1n) is 10.5. The molecule has 10 heteroatoms.